The number of esters is 4. The highest BCUT2D eigenvalue weighted by atomic mass is 31.2. The molecule has 0 aliphatic rings. The van der Waals surface area contributed by atoms with E-state index < -0.39 is 97.5 Å². The number of hydrogen-bond acceptors (Lipinski definition) is 15. The van der Waals surface area contributed by atoms with E-state index in [1.807, 2.05) is 0 Å². The molecule has 3 N–H and O–H groups in total. The summed E-state index contributed by atoms with van der Waals surface area (Å²) in [6.07, 6.45) is 60.5. The van der Waals surface area contributed by atoms with Gasteiger partial charge in [0.15, 0.2) is 12.2 Å². The molecule has 5 atom stereocenters. The molecule has 0 saturated heterocycles. The summed E-state index contributed by atoms with van der Waals surface area (Å²) in [6.45, 7) is 11.8. The number of unbranched alkanes of at least 4 members (excludes halogenated alkanes) is 41. The van der Waals surface area contributed by atoms with E-state index in [1.54, 1.807) is 0 Å². The Bertz CT molecular complexity index is 2020. The van der Waals surface area contributed by atoms with Crippen LogP contribution in [-0.4, -0.2) is 96.7 Å². The summed E-state index contributed by atoms with van der Waals surface area (Å²) < 4.78 is 68.6. The molecule has 17 nitrogen and oxygen atoms in total. The van der Waals surface area contributed by atoms with Crippen LogP contribution in [0.3, 0.4) is 0 Å². The number of phosphoric ester groups is 2. The van der Waals surface area contributed by atoms with Crippen molar-refractivity contribution in [1.29, 1.82) is 0 Å². The highest BCUT2D eigenvalue weighted by Crippen LogP contribution is 2.45. The predicted octanol–water partition coefficient (Wildman–Crippen LogP) is 23.3. The van der Waals surface area contributed by atoms with Crippen molar-refractivity contribution < 1.29 is 80.2 Å². The molecule has 0 bridgehead atoms. The van der Waals surface area contributed by atoms with Crippen LogP contribution in [0.5, 0.6) is 0 Å². The largest absolute Gasteiger partial charge is 0.472 e. The Morgan fingerprint density at radius 1 is 0.313 bits per heavy atom. The fourth-order valence-corrected chi connectivity index (χ4v) is 13.3. The third kappa shape index (κ3) is 73.6. The van der Waals surface area contributed by atoms with Gasteiger partial charge in [-0.2, -0.15) is 0 Å². The van der Waals surface area contributed by atoms with E-state index in [-0.39, 0.29) is 25.7 Å². The molecule has 0 rings (SSSR count). The summed E-state index contributed by atoms with van der Waals surface area (Å²) in [5.74, 6) is 0.151. The van der Waals surface area contributed by atoms with Crippen LogP contribution in [0.25, 0.3) is 0 Å². The number of aliphatic hydroxyl groups excluding tert-OH is 1. The van der Waals surface area contributed by atoms with Crippen LogP contribution >= 0.6 is 15.6 Å². The molecule has 0 aromatic rings. The number of hydrogen-bond donors (Lipinski definition) is 3. The minimum absolute atomic E-state index is 0.0850. The Hall–Kier alpha value is -2.46. The van der Waals surface area contributed by atoms with Crippen LogP contribution in [0.4, 0.5) is 0 Å². The van der Waals surface area contributed by atoms with Crippen molar-refractivity contribution in [2.75, 3.05) is 39.6 Å². The molecule has 0 aromatic heterocycles. The normalized spacial score (nSPS) is 14.2. The first-order chi connectivity index (χ1) is 47.7. The average molecular weight is 1450 g/mol. The molecule has 0 aromatic carbocycles. The number of aliphatic hydroxyl groups is 1. The zero-order valence-corrected chi connectivity index (χ0v) is 66.2. The fourth-order valence-electron chi connectivity index (χ4n) is 11.8. The minimum Gasteiger partial charge on any atom is -0.462 e. The topological polar surface area (TPSA) is 237 Å². The molecule has 0 heterocycles. The van der Waals surface area contributed by atoms with Crippen LogP contribution in [-0.2, 0) is 65.4 Å². The third-order valence-corrected chi connectivity index (χ3v) is 19.9. The van der Waals surface area contributed by atoms with E-state index in [4.69, 9.17) is 37.0 Å². The number of carbonyl (C=O) groups excluding carboxylic acids is 4. The van der Waals surface area contributed by atoms with Gasteiger partial charge in [0.25, 0.3) is 0 Å². The Kier molecular flexibility index (Phi) is 68.1. The lowest BCUT2D eigenvalue weighted by Gasteiger charge is -2.21. The number of ether oxygens (including phenoxy) is 4. The van der Waals surface area contributed by atoms with Gasteiger partial charge in [0, 0.05) is 25.7 Å². The van der Waals surface area contributed by atoms with Crippen LogP contribution in [0.2, 0.25) is 0 Å². The van der Waals surface area contributed by atoms with Gasteiger partial charge in [0.2, 0.25) is 0 Å². The molecule has 0 fully saturated rings. The number of rotatable bonds is 76. The molecule has 0 aliphatic heterocycles. The van der Waals surface area contributed by atoms with Crippen LogP contribution < -0.4 is 0 Å². The summed E-state index contributed by atoms with van der Waals surface area (Å²) in [5, 5.41) is 10.6. The number of phosphoric acid groups is 2. The summed E-state index contributed by atoms with van der Waals surface area (Å²) in [7, 11) is -9.93. The number of carbonyl (C=O) groups is 4. The van der Waals surface area contributed by atoms with Gasteiger partial charge in [-0.05, 0) is 69.1 Å². The van der Waals surface area contributed by atoms with Gasteiger partial charge in [-0.3, -0.25) is 37.3 Å². The van der Waals surface area contributed by atoms with Crippen molar-refractivity contribution >= 4 is 39.5 Å². The van der Waals surface area contributed by atoms with Crippen LogP contribution in [0.1, 0.15) is 389 Å². The lowest BCUT2D eigenvalue weighted by atomic mass is 10.0. The molecular formula is C80H152O17P2. The molecule has 99 heavy (non-hydrogen) atoms. The summed E-state index contributed by atoms with van der Waals surface area (Å²) in [6, 6.07) is 0. The second-order valence-electron chi connectivity index (χ2n) is 29.5. The molecule has 19 heteroatoms. The van der Waals surface area contributed by atoms with Crippen LogP contribution in [0, 0.1) is 17.8 Å². The molecule has 0 amide bonds. The lowest BCUT2D eigenvalue weighted by molar-refractivity contribution is -0.161. The predicted molar refractivity (Wildman–Crippen MR) is 404 cm³/mol. The fraction of sp³-hybridized carbons (Fsp3) is 0.900. The van der Waals surface area contributed by atoms with Crippen molar-refractivity contribution in [3.63, 3.8) is 0 Å². The van der Waals surface area contributed by atoms with Gasteiger partial charge in [-0.25, -0.2) is 9.13 Å². The quantitative estimate of drug-likeness (QED) is 0.0169. The smallest absolute Gasteiger partial charge is 0.462 e. The van der Waals surface area contributed by atoms with Crippen LogP contribution in [0.15, 0.2) is 24.3 Å². The lowest BCUT2D eigenvalue weighted by Crippen LogP contribution is -2.30. The maximum Gasteiger partial charge on any atom is 0.472 e. The van der Waals surface area contributed by atoms with Gasteiger partial charge in [-0.15, -0.1) is 0 Å². The monoisotopic (exact) mass is 1450 g/mol. The second-order valence-corrected chi connectivity index (χ2v) is 32.5. The van der Waals surface area contributed by atoms with Gasteiger partial charge in [0.05, 0.1) is 26.4 Å². The zero-order valence-electron chi connectivity index (χ0n) is 64.4. The highest BCUT2D eigenvalue weighted by Gasteiger charge is 2.30. The molecule has 0 spiro atoms. The van der Waals surface area contributed by atoms with Gasteiger partial charge in [0.1, 0.15) is 19.3 Å². The average Bonchev–Trinajstić information content (AvgIpc) is 1.000. The van der Waals surface area contributed by atoms with E-state index in [0.29, 0.717) is 31.6 Å². The minimum atomic E-state index is -4.97. The van der Waals surface area contributed by atoms with Crippen molar-refractivity contribution in [3.8, 4) is 0 Å². The van der Waals surface area contributed by atoms with Crippen molar-refractivity contribution in [3.05, 3.63) is 24.3 Å². The summed E-state index contributed by atoms with van der Waals surface area (Å²) in [4.78, 5) is 72.9. The van der Waals surface area contributed by atoms with Crippen molar-refractivity contribution in [2.45, 2.75) is 407 Å². The van der Waals surface area contributed by atoms with Gasteiger partial charge >= 0.3 is 39.5 Å². The maximum absolute atomic E-state index is 13.1. The Labute approximate surface area is 605 Å². The molecular weight excluding hydrogens is 1290 g/mol. The van der Waals surface area contributed by atoms with E-state index in [9.17, 15) is 43.2 Å². The maximum atomic E-state index is 13.1. The van der Waals surface area contributed by atoms with E-state index >= 15 is 0 Å². The van der Waals surface area contributed by atoms with E-state index in [0.717, 1.165) is 121 Å². The second kappa shape index (κ2) is 69.9. The first-order valence-electron chi connectivity index (χ1n) is 40.7. The summed E-state index contributed by atoms with van der Waals surface area (Å²) in [5.41, 5.74) is 0. The van der Waals surface area contributed by atoms with Crippen molar-refractivity contribution in [2.24, 2.45) is 17.8 Å². The van der Waals surface area contributed by atoms with Gasteiger partial charge < -0.3 is 33.8 Å². The molecule has 0 aliphatic carbocycles. The first kappa shape index (κ1) is 96.5. The molecule has 3 unspecified atom stereocenters. The molecule has 0 radical (unpaired) electrons. The van der Waals surface area contributed by atoms with Crippen molar-refractivity contribution in [1.82, 2.24) is 0 Å². The van der Waals surface area contributed by atoms with Gasteiger partial charge in [-0.1, -0.05) is 336 Å². The Balaban J connectivity index is 5.27. The zero-order chi connectivity index (χ0) is 73.0. The van der Waals surface area contributed by atoms with E-state index in [1.165, 1.54) is 180 Å². The summed E-state index contributed by atoms with van der Waals surface area (Å²) >= 11 is 0. The highest BCUT2D eigenvalue weighted by molar-refractivity contribution is 7.47. The molecule has 584 valence electrons. The Morgan fingerprint density at radius 2 is 0.545 bits per heavy atom. The first-order valence-corrected chi connectivity index (χ1v) is 43.7. The standard InChI is InChI=1S/C80H152O17P2/c1-8-9-10-11-12-13-14-15-16-24-29-34-41-49-56-63-79(84)96-75(67-90-77(82)61-54-47-40-33-28-23-19-17-21-26-31-37-44-51-58-71(2)3)69-94-98(86,87)92-65-74(81)66-93-99(88,89)95-70-76(68-91-78(83)62-55-48-43-36-39-46-53-60-73(6)7)97-80(85)64-57-50-42-35-30-25-20-18-22-27-32-38-45-52-59-72(4)5/h13-16,71-76,81H,8-12,17-70H2,1-7H3,(H,86,87)(H,88,89)/b14-13-,16-15-/t74?,75-,76-/m1/s1. The third-order valence-electron chi connectivity index (χ3n) is 18.0. The van der Waals surface area contributed by atoms with E-state index in [2.05, 4.69) is 72.8 Å². The Morgan fingerprint density at radius 3 is 0.818 bits per heavy atom. The molecule has 0 saturated carbocycles. The number of allylic oxidation sites excluding steroid dienone is 4. The SMILES string of the molecule is CCCCCC/C=C\C=C/CCCCCCCC(=O)O[C@H](COC(=O)CCCCCCCCCCCCCCCCC(C)C)COP(=O)(O)OCC(O)COP(=O)(O)OC[C@@H](COC(=O)CCCCCCCCCC(C)C)OC(=O)CCCCCCCCCCCCCCCCC(C)C.